The first-order valence-electron chi connectivity index (χ1n) is 13.1. The zero-order chi connectivity index (χ0) is 23.3. The fourth-order valence-electron chi connectivity index (χ4n) is 5.53. The number of likely N-dealkylation sites (N-methyl/N-ethyl adjacent to an activating group) is 1. The molecule has 0 bridgehead atoms. The van der Waals surface area contributed by atoms with E-state index in [4.69, 9.17) is 9.47 Å². The van der Waals surface area contributed by atoms with Gasteiger partial charge in [0.15, 0.2) is 0 Å². The molecule has 186 valence electrons. The maximum absolute atomic E-state index is 13.3. The van der Waals surface area contributed by atoms with Crippen molar-refractivity contribution in [3.05, 3.63) is 35.9 Å². The van der Waals surface area contributed by atoms with E-state index < -0.39 is 0 Å². The van der Waals surface area contributed by atoms with Crippen LogP contribution in [0.2, 0.25) is 0 Å². The maximum atomic E-state index is 13.3. The molecular formula is C27H45N3O3. The molecule has 2 N–H and O–H groups in total. The van der Waals surface area contributed by atoms with Gasteiger partial charge in [-0.05, 0) is 44.2 Å². The number of likely N-dealkylation sites (tertiary alicyclic amines) is 1. The zero-order valence-electron chi connectivity index (χ0n) is 20.8. The third-order valence-electron chi connectivity index (χ3n) is 7.21. The van der Waals surface area contributed by atoms with E-state index in [9.17, 15) is 4.79 Å². The Kier molecular flexibility index (Phi) is 11.5. The first-order chi connectivity index (χ1) is 16.2. The van der Waals surface area contributed by atoms with Crippen molar-refractivity contribution >= 4 is 6.03 Å². The molecule has 33 heavy (non-hydrogen) atoms. The van der Waals surface area contributed by atoms with Gasteiger partial charge in [-0.3, -0.25) is 0 Å². The molecule has 0 spiro atoms. The van der Waals surface area contributed by atoms with Crippen molar-refractivity contribution in [1.82, 2.24) is 15.5 Å². The number of carbonyl (C=O) groups is 1. The molecule has 0 unspecified atom stereocenters. The first kappa shape index (κ1) is 26.0. The molecule has 1 aromatic carbocycles. The number of nitrogens with one attached hydrogen (secondary N) is 2. The van der Waals surface area contributed by atoms with E-state index in [0.717, 1.165) is 51.2 Å². The molecule has 2 aliphatic rings. The summed E-state index contributed by atoms with van der Waals surface area (Å²) in [5.41, 5.74) is 1.20. The molecule has 6 nitrogen and oxygen atoms in total. The summed E-state index contributed by atoms with van der Waals surface area (Å²) in [7, 11) is 3.70. The van der Waals surface area contributed by atoms with Gasteiger partial charge in [-0.2, -0.15) is 0 Å². The Labute approximate surface area is 200 Å². The molecule has 1 aliphatic heterocycles. The van der Waals surface area contributed by atoms with Gasteiger partial charge in [0.1, 0.15) is 0 Å². The number of carbonyl (C=O) groups excluding carboxylic acids is 1. The van der Waals surface area contributed by atoms with Crippen LogP contribution < -0.4 is 10.6 Å². The number of methoxy groups -OCH3 is 1. The van der Waals surface area contributed by atoms with Crippen LogP contribution in [0.1, 0.15) is 69.5 Å². The van der Waals surface area contributed by atoms with E-state index >= 15 is 0 Å². The van der Waals surface area contributed by atoms with Crippen molar-refractivity contribution in [3.63, 3.8) is 0 Å². The first-order valence-corrected chi connectivity index (χ1v) is 13.1. The molecule has 1 aromatic rings. The summed E-state index contributed by atoms with van der Waals surface area (Å²) in [4.78, 5) is 15.3. The lowest BCUT2D eigenvalue weighted by molar-refractivity contribution is -0.0168. The second-order valence-corrected chi connectivity index (χ2v) is 9.84. The Balaban J connectivity index is 1.59. The van der Waals surface area contributed by atoms with E-state index in [-0.39, 0.29) is 18.2 Å². The second-order valence-electron chi connectivity index (χ2n) is 9.84. The minimum absolute atomic E-state index is 0.00833. The second kappa shape index (κ2) is 14.6. The lowest BCUT2D eigenvalue weighted by Crippen LogP contribution is -2.52. The van der Waals surface area contributed by atoms with Crippen molar-refractivity contribution in [1.29, 1.82) is 0 Å². The van der Waals surface area contributed by atoms with E-state index in [1.807, 2.05) is 18.0 Å². The summed E-state index contributed by atoms with van der Waals surface area (Å²) in [5, 5.41) is 6.65. The number of rotatable bonds is 12. The summed E-state index contributed by atoms with van der Waals surface area (Å²) < 4.78 is 11.6. The normalized spacial score (nSPS) is 21.5. The number of amides is 2. The largest absolute Gasteiger partial charge is 0.385 e. The van der Waals surface area contributed by atoms with E-state index in [1.54, 1.807) is 7.11 Å². The smallest absolute Gasteiger partial charge is 0.317 e. The molecule has 1 aliphatic carbocycles. The molecule has 1 saturated heterocycles. The minimum Gasteiger partial charge on any atom is -0.385 e. The number of nitrogens with zero attached hydrogens (tertiary/aromatic N) is 1. The molecule has 1 heterocycles. The quantitative estimate of drug-likeness (QED) is 0.442. The molecule has 6 heteroatoms. The lowest BCUT2D eigenvalue weighted by Gasteiger charge is -2.38. The van der Waals surface area contributed by atoms with Crippen LogP contribution in [-0.4, -0.2) is 64.0 Å². The Morgan fingerprint density at radius 3 is 2.61 bits per heavy atom. The topological polar surface area (TPSA) is 62.8 Å². The highest BCUT2D eigenvalue weighted by molar-refractivity contribution is 5.74. The number of piperidine rings is 1. The molecule has 1 saturated carbocycles. The monoisotopic (exact) mass is 459 g/mol. The van der Waals surface area contributed by atoms with Gasteiger partial charge in [-0.25, -0.2) is 4.79 Å². The van der Waals surface area contributed by atoms with Crippen LogP contribution >= 0.6 is 0 Å². The number of urea groups is 1. The van der Waals surface area contributed by atoms with Crippen LogP contribution in [0.5, 0.6) is 0 Å². The van der Waals surface area contributed by atoms with Gasteiger partial charge < -0.3 is 25.0 Å². The van der Waals surface area contributed by atoms with Crippen molar-refractivity contribution in [2.75, 3.05) is 47.0 Å². The fourth-order valence-corrected chi connectivity index (χ4v) is 5.53. The Bertz CT molecular complexity index is 666. The Morgan fingerprint density at radius 2 is 1.88 bits per heavy atom. The highest BCUT2D eigenvalue weighted by Gasteiger charge is 2.32. The van der Waals surface area contributed by atoms with Crippen LogP contribution in [0.4, 0.5) is 4.79 Å². The van der Waals surface area contributed by atoms with Crippen molar-refractivity contribution in [2.24, 2.45) is 11.8 Å². The molecule has 3 atom stereocenters. The van der Waals surface area contributed by atoms with Gasteiger partial charge >= 0.3 is 6.03 Å². The predicted octanol–water partition coefficient (Wildman–Crippen LogP) is 4.76. The van der Waals surface area contributed by atoms with Gasteiger partial charge in [-0.1, -0.05) is 62.4 Å². The lowest BCUT2D eigenvalue weighted by atomic mass is 9.85. The van der Waals surface area contributed by atoms with Crippen molar-refractivity contribution in [2.45, 2.75) is 69.9 Å². The average molecular weight is 460 g/mol. The fraction of sp³-hybridized carbons (Fsp3) is 0.741. The molecule has 0 aromatic heterocycles. The number of hydrogen-bond donors (Lipinski definition) is 2. The van der Waals surface area contributed by atoms with Gasteiger partial charge in [0.05, 0.1) is 6.10 Å². The van der Waals surface area contributed by atoms with Gasteiger partial charge in [0.2, 0.25) is 0 Å². The van der Waals surface area contributed by atoms with Crippen LogP contribution in [-0.2, 0) is 9.47 Å². The third kappa shape index (κ3) is 8.58. The van der Waals surface area contributed by atoms with Crippen molar-refractivity contribution < 1.29 is 14.3 Å². The molecule has 3 rings (SSSR count). The van der Waals surface area contributed by atoms with Crippen molar-refractivity contribution in [3.8, 4) is 0 Å². The van der Waals surface area contributed by atoms with Gasteiger partial charge in [0.25, 0.3) is 0 Å². The SMILES string of the molecule is CNC[C@H](CC1CCCCC1)NC(=O)N1CCC[C@@H]([C@@H](OCCCOC)c2ccccc2)C1. The molecular weight excluding hydrogens is 414 g/mol. The predicted molar refractivity (Wildman–Crippen MR) is 133 cm³/mol. The summed E-state index contributed by atoms with van der Waals surface area (Å²) >= 11 is 0. The minimum atomic E-state index is 0.00833. The highest BCUT2D eigenvalue weighted by Crippen LogP contribution is 2.33. The highest BCUT2D eigenvalue weighted by atomic mass is 16.5. The number of hydrogen-bond acceptors (Lipinski definition) is 4. The third-order valence-corrected chi connectivity index (χ3v) is 7.21. The van der Waals surface area contributed by atoms with E-state index in [1.165, 1.54) is 37.7 Å². The summed E-state index contributed by atoms with van der Waals surface area (Å²) in [6, 6.07) is 10.8. The average Bonchev–Trinajstić information content (AvgIpc) is 2.85. The maximum Gasteiger partial charge on any atom is 0.317 e. The number of benzene rings is 1. The van der Waals surface area contributed by atoms with Gasteiger partial charge in [-0.15, -0.1) is 0 Å². The molecule has 0 radical (unpaired) electrons. The molecule has 2 amide bonds. The van der Waals surface area contributed by atoms with Crippen LogP contribution in [0.15, 0.2) is 30.3 Å². The van der Waals surface area contributed by atoms with E-state index in [0.29, 0.717) is 19.1 Å². The van der Waals surface area contributed by atoms with Crippen LogP contribution in [0, 0.1) is 11.8 Å². The van der Waals surface area contributed by atoms with Crippen LogP contribution in [0.3, 0.4) is 0 Å². The van der Waals surface area contributed by atoms with E-state index in [2.05, 4.69) is 34.9 Å². The molecule has 2 fully saturated rings. The Morgan fingerprint density at radius 1 is 1.09 bits per heavy atom. The zero-order valence-corrected chi connectivity index (χ0v) is 20.8. The number of ether oxygens (including phenoxy) is 2. The summed E-state index contributed by atoms with van der Waals surface area (Å²) in [5.74, 6) is 1.05. The summed E-state index contributed by atoms with van der Waals surface area (Å²) in [6.45, 7) is 3.76. The Hall–Kier alpha value is -1.63. The van der Waals surface area contributed by atoms with Crippen LogP contribution in [0.25, 0.3) is 0 Å². The van der Waals surface area contributed by atoms with Gasteiger partial charge in [0, 0.05) is 51.9 Å². The standard InChI is InChI=1S/C27H45N3O3/c1-28-20-25(19-22-11-5-3-6-12-22)29-27(31)30-16-9-15-24(21-30)26(33-18-10-17-32-2)23-13-7-4-8-14-23/h4,7-8,13-14,22,24-26,28H,3,5-6,9-12,15-21H2,1-2H3,(H,29,31)/t24-,25+,26+/m1/s1. The summed E-state index contributed by atoms with van der Waals surface area (Å²) in [6.07, 6.45) is 10.7.